The SMILES string of the molecule is Cc1ccccc1C1CC(NCCc2ncno2)C1. The molecule has 1 aromatic heterocycles. The van der Waals surface area contributed by atoms with E-state index in [1.165, 1.54) is 30.3 Å². The van der Waals surface area contributed by atoms with Crippen LogP contribution in [0.1, 0.15) is 35.8 Å². The van der Waals surface area contributed by atoms with Crippen LogP contribution >= 0.6 is 0 Å². The van der Waals surface area contributed by atoms with Gasteiger partial charge in [0, 0.05) is 19.0 Å². The molecular weight excluding hydrogens is 238 g/mol. The van der Waals surface area contributed by atoms with Gasteiger partial charge >= 0.3 is 0 Å². The molecule has 0 atom stereocenters. The lowest BCUT2D eigenvalue weighted by atomic mass is 9.74. The van der Waals surface area contributed by atoms with E-state index in [4.69, 9.17) is 4.52 Å². The monoisotopic (exact) mass is 257 g/mol. The van der Waals surface area contributed by atoms with Gasteiger partial charge in [0.1, 0.15) is 0 Å². The molecule has 0 aliphatic heterocycles. The summed E-state index contributed by atoms with van der Waals surface area (Å²) in [4.78, 5) is 4.01. The number of nitrogens with one attached hydrogen (secondary N) is 1. The highest BCUT2D eigenvalue weighted by Crippen LogP contribution is 2.38. The van der Waals surface area contributed by atoms with Crippen LogP contribution in [0.25, 0.3) is 0 Å². The van der Waals surface area contributed by atoms with E-state index in [0.29, 0.717) is 11.9 Å². The van der Waals surface area contributed by atoms with E-state index >= 15 is 0 Å². The van der Waals surface area contributed by atoms with E-state index in [0.717, 1.165) is 18.9 Å². The fourth-order valence-electron chi connectivity index (χ4n) is 2.77. The number of aromatic nitrogens is 2. The van der Waals surface area contributed by atoms with Gasteiger partial charge in [-0.25, -0.2) is 0 Å². The molecule has 0 saturated heterocycles. The zero-order chi connectivity index (χ0) is 13.1. The van der Waals surface area contributed by atoms with Gasteiger partial charge in [-0.1, -0.05) is 29.4 Å². The lowest BCUT2D eigenvalue weighted by Crippen LogP contribution is -2.41. The molecule has 0 unspecified atom stereocenters. The van der Waals surface area contributed by atoms with Crippen molar-refractivity contribution < 1.29 is 4.52 Å². The van der Waals surface area contributed by atoms with E-state index < -0.39 is 0 Å². The van der Waals surface area contributed by atoms with Crippen molar-refractivity contribution in [3.8, 4) is 0 Å². The molecule has 4 nitrogen and oxygen atoms in total. The molecule has 1 aliphatic rings. The van der Waals surface area contributed by atoms with E-state index in [-0.39, 0.29) is 0 Å². The van der Waals surface area contributed by atoms with E-state index in [2.05, 4.69) is 46.6 Å². The van der Waals surface area contributed by atoms with Gasteiger partial charge in [-0.3, -0.25) is 0 Å². The number of hydrogen-bond acceptors (Lipinski definition) is 4. The Morgan fingerprint density at radius 2 is 2.16 bits per heavy atom. The molecule has 0 spiro atoms. The number of benzene rings is 1. The van der Waals surface area contributed by atoms with Gasteiger partial charge < -0.3 is 9.84 Å². The zero-order valence-corrected chi connectivity index (χ0v) is 11.2. The molecule has 0 bridgehead atoms. The maximum atomic E-state index is 4.97. The van der Waals surface area contributed by atoms with Crippen LogP contribution in [0.2, 0.25) is 0 Å². The van der Waals surface area contributed by atoms with Crippen molar-refractivity contribution in [2.45, 2.75) is 38.1 Å². The van der Waals surface area contributed by atoms with Crippen LogP contribution in [0, 0.1) is 6.92 Å². The summed E-state index contributed by atoms with van der Waals surface area (Å²) in [6.07, 6.45) is 4.72. The number of hydrogen-bond donors (Lipinski definition) is 1. The van der Waals surface area contributed by atoms with Crippen molar-refractivity contribution in [3.05, 3.63) is 47.6 Å². The predicted molar refractivity (Wildman–Crippen MR) is 72.9 cm³/mol. The Morgan fingerprint density at radius 1 is 1.32 bits per heavy atom. The molecule has 3 rings (SSSR count). The second-order valence-corrected chi connectivity index (χ2v) is 5.26. The summed E-state index contributed by atoms with van der Waals surface area (Å²) in [5.41, 5.74) is 2.93. The lowest BCUT2D eigenvalue weighted by Gasteiger charge is -2.37. The second kappa shape index (κ2) is 5.53. The smallest absolute Gasteiger partial charge is 0.227 e. The van der Waals surface area contributed by atoms with Crippen LogP contribution in [-0.2, 0) is 6.42 Å². The first kappa shape index (κ1) is 12.4. The van der Waals surface area contributed by atoms with Gasteiger partial charge in [-0.05, 0) is 36.8 Å². The van der Waals surface area contributed by atoms with Gasteiger partial charge in [0.2, 0.25) is 5.89 Å². The van der Waals surface area contributed by atoms with Crippen LogP contribution in [0.5, 0.6) is 0 Å². The van der Waals surface area contributed by atoms with Gasteiger partial charge in [0.25, 0.3) is 0 Å². The first-order valence-corrected chi connectivity index (χ1v) is 6.87. The maximum absolute atomic E-state index is 4.97. The van der Waals surface area contributed by atoms with Crippen molar-refractivity contribution in [3.63, 3.8) is 0 Å². The van der Waals surface area contributed by atoms with Gasteiger partial charge in [-0.15, -0.1) is 0 Å². The Labute approximate surface area is 113 Å². The Bertz CT molecular complexity index is 518. The van der Waals surface area contributed by atoms with Crippen LogP contribution < -0.4 is 5.32 Å². The average molecular weight is 257 g/mol. The second-order valence-electron chi connectivity index (χ2n) is 5.26. The number of rotatable bonds is 5. The quantitative estimate of drug-likeness (QED) is 0.894. The minimum atomic E-state index is 0.632. The lowest BCUT2D eigenvalue weighted by molar-refractivity contribution is 0.286. The first-order chi connectivity index (χ1) is 9.33. The van der Waals surface area contributed by atoms with Crippen molar-refractivity contribution in [2.75, 3.05) is 6.54 Å². The topological polar surface area (TPSA) is 51.0 Å². The Balaban J connectivity index is 1.42. The molecule has 0 radical (unpaired) electrons. The molecular formula is C15H19N3O. The summed E-state index contributed by atoms with van der Waals surface area (Å²) in [5, 5.41) is 7.15. The molecule has 1 fully saturated rings. The third kappa shape index (κ3) is 2.84. The maximum Gasteiger partial charge on any atom is 0.227 e. The molecule has 19 heavy (non-hydrogen) atoms. The Morgan fingerprint density at radius 3 is 2.89 bits per heavy atom. The molecule has 1 N–H and O–H groups in total. The highest BCUT2D eigenvalue weighted by Gasteiger charge is 2.30. The largest absolute Gasteiger partial charge is 0.340 e. The normalized spacial score (nSPS) is 22.2. The zero-order valence-electron chi connectivity index (χ0n) is 11.2. The molecule has 100 valence electrons. The summed E-state index contributed by atoms with van der Waals surface area (Å²) in [7, 11) is 0. The van der Waals surface area contributed by atoms with Crippen LogP contribution in [0.4, 0.5) is 0 Å². The number of aryl methyl sites for hydroxylation is 1. The summed E-state index contributed by atoms with van der Waals surface area (Å²) in [6, 6.07) is 9.34. The fourth-order valence-corrected chi connectivity index (χ4v) is 2.77. The fraction of sp³-hybridized carbons (Fsp3) is 0.467. The minimum absolute atomic E-state index is 0.632. The van der Waals surface area contributed by atoms with Crippen molar-refractivity contribution in [2.24, 2.45) is 0 Å². The molecule has 0 amide bonds. The van der Waals surface area contributed by atoms with E-state index in [1.54, 1.807) is 0 Å². The highest BCUT2D eigenvalue weighted by molar-refractivity contribution is 5.31. The number of nitrogens with zero attached hydrogens (tertiary/aromatic N) is 2. The summed E-state index contributed by atoms with van der Waals surface area (Å²) in [6.45, 7) is 3.11. The van der Waals surface area contributed by atoms with E-state index in [9.17, 15) is 0 Å². The summed E-state index contributed by atoms with van der Waals surface area (Å²) >= 11 is 0. The summed E-state index contributed by atoms with van der Waals surface area (Å²) < 4.78 is 4.97. The van der Waals surface area contributed by atoms with Crippen LogP contribution in [0.15, 0.2) is 35.1 Å². The highest BCUT2D eigenvalue weighted by atomic mass is 16.5. The average Bonchev–Trinajstić information content (AvgIpc) is 2.87. The Hall–Kier alpha value is -1.68. The van der Waals surface area contributed by atoms with Crippen molar-refractivity contribution in [1.29, 1.82) is 0 Å². The molecule has 1 aliphatic carbocycles. The van der Waals surface area contributed by atoms with E-state index in [1.807, 2.05) is 0 Å². The third-order valence-corrected chi connectivity index (χ3v) is 3.95. The predicted octanol–water partition coefficient (Wildman–Crippen LogP) is 2.46. The summed E-state index contributed by atoms with van der Waals surface area (Å²) in [5.74, 6) is 1.43. The molecule has 2 aromatic rings. The van der Waals surface area contributed by atoms with Crippen LogP contribution in [-0.4, -0.2) is 22.7 Å². The standard InChI is InChI=1S/C15H19N3O/c1-11-4-2-3-5-14(11)12-8-13(9-12)16-7-6-15-17-10-18-19-15/h2-5,10,12-13,16H,6-9H2,1H3. The molecule has 4 heteroatoms. The first-order valence-electron chi connectivity index (χ1n) is 6.87. The molecule has 1 aromatic carbocycles. The van der Waals surface area contributed by atoms with Crippen molar-refractivity contribution in [1.82, 2.24) is 15.5 Å². The van der Waals surface area contributed by atoms with Gasteiger partial charge in [0.05, 0.1) is 0 Å². The van der Waals surface area contributed by atoms with Crippen molar-refractivity contribution >= 4 is 0 Å². The van der Waals surface area contributed by atoms with Crippen LogP contribution in [0.3, 0.4) is 0 Å². The molecule has 1 heterocycles. The van der Waals surface area contributed by atoms with Gasteiger partial charge in [-0.2, -0.15) is 4.98 Å². The minimum Gasteiger partial charge on any atom is -0.340 e. The molecule has 1 saturated carbocycles. The Kier molecular flexibility index (Phi) is 3.60. The van der Waals surface area contributed by atoms with Gasteiger partial charge in [0.15, 0.2) is 6.33 Å². The third-order valence-electron chi connectivity index (χ3n) is 3.95.